The number of hydrogen-bond acceptors (Lipinski definition) is 2. The third kappa shape index (κ3) is 2.60. The van der Waals surface area contributed by atoms with Gasteiger partial charge < -0.3 is 5.73 Å². The predicted molar refractivity (Wildman–Crippen MR) is 65.6 cm³/mol. The molecule has 0 fully saturated rings. The van der Waals surface area contributed by atoms with Crippen LogP contribution in [0.3, 0.4) is 0 Å². The molecule has 0 heterocycles. The van der Waals surface area contributed by atoms with Crippen molar-refractivity contribution in [3.8, 4) is 0 Å². The summed E-state index contributed by atoms with van der Waals surface area (Å²) in [6.07, 6.45) is 0. The first-order valence-corrected chi connectivity index (χ1v) is 6.79. The van der Waals surface area contributed by atoms with Crippen molar-refractivity contribution in [2.45, 2.75) is 25.9 Å². The highest BCUT2D eigenvalue weighted by Crippen LogP contribution is 2.52. The Morgan fingerprint density at radius 1 is 1.33 bits per heavy atom. The molecule has 0 aliphatic carbocycles. The number of nitrogens with one attached hydrogen (secondary N) is 1. The summed E-state index contributed by atoms with van der Waals surface area (Å²) in [5.74, 6) is 0. The van der Waals surface area contributed by atoms with Crippen LogP contribution in [0, 0.1) is 0 Å². The SMILES string of the molecule is CNP(=O)(N(C)C)[N+](C)(C)C(C)C(C)N. The van der Waals surface area contributed by atoms with Crippen LogP contribution in [-0.2, 0) is 4.57 Å². The summed E-state index contributed by atoms with van der Waals surface area (Å²) in [5.41, 5.74) is 5.89. The third-order valence-electron chi connectivity index (χ3n) is 3.29. The molecule has 3 atom stereocenters. The highest BCUT2D eigenvalue weighted by molar-refractivity contribution is 7.53. The molecule has 15 heavy (non-hydrogen) atoms. The van der Waals surface area contributed by atoms with Gasteiger partial charge in [0, 0.05) is 0 Å². The van der Waals surface area contributed by atoms with Crippen LogP contribution in [0.2, 0.25) is 0 Å². The maximum atomic E-state index is 12.8. The molecule has 0 aromatic rings. The molecule has 0 aromatic carbocycles. The van der Waals surface area contributed by atoms with Gasteiger partial charge in [-0.2, -0.15) is 0 Å². The molecule has 0 spiro atoms. The number of nitrogens with two attached hydrogens (primary N) is 1. The second-order valence-electron chi connectivity index (χ2n) is 4.69. The molecule has 6 heteroatoms. The van der Waals surface area contributed by atoms with Crippen molar-refractivity contribution in [3.05, 3.63) is 0 Å². The lowest BCUT2D eigenvalue weighted by Gasteiger charge is -2.44. The van der Waals surface area contributed by atoms with E-state index in [1.165, 1.54) is 0 Å². The lowest BCUT2D eigenvalue weighted by atomic mass is 10.2. The second-order valence-corrected chi connectivity index (χ2v) is 8.06. The minimum absolute atomic E-state index is 0.00150. The number of rotatable bonds is 5. The first-order valence-electron chi connectivity index (χ1n) is 5.17. The van der Waals surface area contributed by atoms with Crippen molar-refractivity contribution >= 4 is 7.59 Å². The number of hydrogen-bond donors (Lipinski definition) is 2. The van der Waals surface area contributed by atoms with E-state index in [-0.39, 0.29) is 12.1 Å². The molecule has 92 valence electrons. The van der Waals surface area contributed by atoms with Crippen molar-refractivity contribution in [2.75, 3.05) is 35.2 Å². The van der Waals surface area contributed by atoms with E-state index in [2.05, 4.69) is 5.09 Å². The largest absolute Gasteiger partial charge is 0.395 e. The fourth-order valence-electron chi connectivity index (χ4n) is 1.74. The van der Waals surface area contributed by atoms with Gasteiger partial charge in [0.15, 0.2) is 0 Å². The van der Waals surface area contributed by atoms with Gasteiger partial charge in [0.25, 0.3) is 0 Å². The van der Waals surface area contributed by atoms with E-state index in [4.69, 9.17) is 5.73 Å². The zero-order valence-electron chi connectivity index (χ0n) is 11.0. The third-order valence-corrected chi connectivity index (χ3v) is 6.72. The normalized spacial score (nSPS) is 21.1. The predicted octanol–water partition coefficient (Wildman–Crippen LogP) is 0.688. The molecular weight excluding hydrogens is 211 g/mol. The van der Waals surface area contributed by atoms with Gasteiger partial charge in [-0.3, -0.25) is 4.25 Å². The molecule has 0 aliphatic heterocycles. The van der Waals surface area contributed by atoms with E-state index in [0.29, 0.717) is 4.25 Å². The molecule has 0 bridgehead atoms. The Morgan fingerprint density at radius 2 is 1.73 bits per heavy atom. The van der Waals surface area contributed by atoms with Crippen LogP contribution < -0.4 is 10.8 Å². The average Bonchev–Trinajstić information content (AvgIpc) is 2.14. The highest BCUT2D eigenvalue weighted by Gasteiger charge is 2.46. The van der Waals surface area contributed by atoms with Crippen molar-refractivity contribution < 1.29 is 8.82 Å². The van der Waals surface area contributed by atoms with Crippen LogP contribution >= 0.6 is 7.59 Å². The van der Waals surface area contributed by atoms with Gasteiger partial charge in [-0.1, -0.05) is 0 Å². The van der Waals surface area contributed by atoms with Crippen molar-refractivity contribution in [2.24, 2.45) is 5.73 Å². The minimum atomic E-state index is -2.64. The highest BCUT2D eigenvalue weighted by atomic mass is 31.2. The van der Waals surface area contributed by atoms with Crippen molar-refractivity contribution in [3.63, 3.8) is 0 Å². The molecule has 0 rings (SSSR count). The zero-order chi connectivity index (χ0) is 12.4. The van der Waals surface area contributed by atoms with Crippen LogP contribution in [-0.4, -0.2) is 56.2 Å². The maximum absolute atomic E-state index is 12.8. The van der Waals surface area contributed by atoms with Crippen LogP contribution in [0.25, 0.3) is 0 Å². The molecule has 0 radical (unpaired) electrons. The average molecular weight is 237 g/mol. The molecule has 5 nitrogen and oxygen atoms in total. The van der Waals surface area contributed by atoms with Crippen LogP contribution in [0.1, 0.15) is 13.8 Å². The maximum Gasteiger partial charge on any atom is 0.395 e. The Bertz CT molecular complexity index is 252. The quantitative estimate of drug-likeness (QED) is 0.691. The Kier molecular flexibility index (Phi) is 4.96. The zero-order valence-corrected chi connectivity index (χ0v) is 11.9. The van der Waals surface area contributed by atoms with Gasteiger partial charge in [-0.15, -0.1) is 0 Å². The van der Waals surface area contributed by atoms with E-state index in [9.17, 15) is 4.57 Å². The van der Waals surface area contributed by atoms with E-state index in [0.717, 1.165) is 0 Å². The fourth-order valence-corrected chi connectivity index (χ4v) is 4.28. The molecule has 0 aliphatic rings. The summed E-state index contributed by atoms with van der Waals surface area (Å²) in [7, 11) is 6.64. The molecule has 3 unspecified atom stereocenters. The lowest BCUT2D eigenvalue weighted by molar-refractivity contribution is -0.801. The van der Waals surface area contributed by atoms with Crippen LogP contribution in [0.4, 0.5) is 0 Å². The van der Waals surface area contributed by atoms with Gasteiger partial charge >= 0.3 is 7.59 Å². The summed E-state index contributed by atoms with van der Waals surface area (Å²) in [6.45, 7) is 3.97. The first-order chi connectivity index (χ1) is 6.61. The topological polar surface area (TPSA) is 58.4 Å². The lowest BCUT2D eigenvalue weighted by Crippen LogP contribution is -2.56. The second kappa shape index (κ2) is 4.93. The smallest absolute Gasteiger partial charge is 0.323 e. The van der Waals surface area contributed by atoms with Crippen LogP contribution in [0.5, 0.6) is 0 Å². The Labute approximate surface area is 93.7 Å². The number of nitrogens with zero attached hydrogens (tertiary/aromatic N) is 2. The summed E-state index contributed by atoms with van der Waals surface area (Å²) in [4.78, 5) is 0. The first kappa shape index (κ1) is 15.1. The van der Waals surface area contributed by atoms with Gasteiger partial charge in [0.2, 0.25) is 0 Å². The summed E-state index contributed by atoms with van der Waals surface area (Å²) in [5, 5.41) is 2.95. The number of likely N-dealkylation sites (N-methyl/N-ethyl adjacent to an activating group) is 1. The van der Waals surface area contributed by atoms with Crippen LogP contribution in [0.15, 0.2) is 0 Å². The Hall–Kier alpha value is 0.0700. The van der Waals surface area contributed by atoms with Gasteiger partial charge in [0.05, 0.1) is 20.1 Å². The van der Waals surface area contributed by atoms with E-state index in [1.54, 1.807) is 11.7 Å². The summed E-state index contributed by atoms with van der Waals surface area (Å²) < 4.78 is 14.9. The van der Waals surface area contributed by atoms with Crippen molar-refractivity contribution in [1.29, 1.82) is 0 Å². The monoisotopic (exact) mass is 237 g/mol. The van der Waals surface area contributed by atoms with Crippen molar-refractivity contribution in [1.82, 2.24) is 9.76 Å². The Balaban J connectivity index is 5.23. The Morgan fingerprint density at radius 3 is 1.93 bits per heavy atom. The van der Waals surface area contributed by atoms with Gasteiger partial charge in [0.1, 0.15) is 6.04 Å². The molecule has 0 saturated carbocycles. The number of quaternary nitrogens is 1. The van der Waals surface area contributed by atoms with E-state index in [1.807, 2.05) is 42.0 Å². The van der Waals surface area contributed by atoms with E-state index < -0.39 is 7.59 Å². The summed E-state index contributed by atoms with van der Waals surface area (Å²) in [6, 6.07) is 0.118. The molecular formula is C9H26N4OP+. The molecule has 3 N–H and O–H groups in total. The molecule has 0 aromatic heterocycles. The fraction of sp³-hybridized carbons (Fsp3) is 1.00. The van der Waals surface area contributed by atoms with E-state index >= 15 is 0 Å². The molecule has 0 saturated heterocycles. The van der Waals surface area contributed by atoms with Gasteiger partial charge in [-0.05, 0) is 35.0 Å². The molecule has 0 amide bonds. The standard InChI is InChI=1S/C9H26N4OP/c1-8(10)9(2)13(6,7)15(14,11-3)12(4)5/h8-9H,10H2,1-7H3,(H,11,14)/q+1. The summed E-state index contributed by atoms with van der Waals surface area (Å²) >= 11 is 0. The van der Waals surface area contributed by atoms with Gasteiger partial charge in [-0.25, -0.2) is 14.3 Å². The minimum Gasteiger partial charge on any atom is -0.323 e.